The van der Waals surface area contributed by atoms with E-state index in [1.54, 1.807) is 11.8 Å². The molecule has 1 aromatic heterocycles. The van der Waals surface area contributed by atoms with Gasteiger partial charge in [-0.05, 0) is 29.7 Å². The number of imidazole rings is 1. The molecule has 0 unspecified atom stereocenters. The third kappa shape index (κ3) is 6.07. The van der Waals surface area contributed by atoms with Gasteiger partial charge < -0.3 is 18.9 Å². The summed E-state index contributed by atoms with van der Waals surface area (Å²) in [4.78, 5) is 22.3. The minimum Gasteiger partial charge on any atom is -0.489 e. The molecular formula is C27H32N4O3S. The molecule has 0 aliphatic carbocycles. The molecular weight excluding hydrogens is 460 g/mol. The zero-order valence-electron chi connectivity index (χ0n) is 20.1. The van der Waals surface area contributed by atoms with E-state index in [2.05, 4.69) is 34.1 Å². The van der Waals surface area contributed by atoms with Gasteiger partial charge in [0, 0.05) is 50.9 Å². The lowest BCUT2D eigenvalue weighted by atomic mass is 10.1. The maximum atomic E-state index is 13.5. The maximum absolute atomic E-state index is 13.5. The number of likely N-dealkylation sites (tertiary alicyclic amines) is 1. The van der Waals surface area contributed by atoms with Crippen molar-refractivity contribution in [1.29, 1.82) is 0 Å². The molecule has 2 aromatic carbocycles. The molecule has 2 atom stereocenters. The molecule has 8 heteroatoms. The van der Waals surface area contributed by atoms with Crippen LogP contribution in [-0.4, -0.2) is 69.4 Å². The molecule has 35 heavy (non-hydrogen) atoms. The van der Waals surface area contributed by atoms with E-state index in [1.165, 1.54) is 0 Å². The highest BCUT2D eigenvalue weighted by molar-refractivity contribution is 7.99. The molecule has 3 aromatic rings. The van der Waals surface area contributed by atoms with Crippen LogP contribution in [0.1, 0.15) is 17.5 Å². The number of amides is 1. The summed E-state index contributed by atoms with van der Waals surface area (Å²) in [5, 5.41) is 1.30. The van der Waals surface area contributed by atoms with Gasteiger partial charge in [-0.15, -0.1) is 0 Å². The molecule has 0 N–H and O–H groups in total. The summed E-state index contributed by atoms with van der Waals surface area (Å²) in [5.41, 5.74) is 2.29. The van der Waals surface area contributed by atoms with Gasteiger partial charge in [-0.1, -0.05) is 54.2 Å². The number of rotatable bonds is 8. The Kier molecular flexibility index (Phi) is 7.71. The highest BCUT2D eigenvalue weighted by atomic mass is 32.2. The predicted octanol–water partition coefficient (Wildman–Crippen LogP) is 3.59. The Labute approximate surface area is 211 Å². The largest absolute Gasteiger partial charge is 0.489 e. The average molecular weight is 493 g/mol. The minimum atomic E-state index is -0.139. The number of morpholine rings is 1. The van der Waals surface area contributed by atoms with Crippen LogP contribution < -0.4 is 4.74 Å². The molecule has 2 aliphatic heterocycles. The average Bonchev–Trinajstić information content (AvgIpc) is 3.49. The van der Waals surface area contributed by atoms with Crippen LogP contribution in [-0.2, 0) is 29.7 Å². The molecule has 184 valence electrons. The summed E-state index contributed by atoms with van der Waals surface area (Å²) in [6.07, 6.45) is 4.61. The normalized spacial score (nSPS) is 20.8. The lowest BCUT2D eigenvalue weighted by Crippen LogP contribution is -2.49. The number of carbonyl (C=O) groups excluding carboxylic acids is 1. The third-order valence-corrected chi connectivity index (χ3v) is 7.83. The van der Waals surface area contributed by atoms with Crippen molar-refractivity contribution in [3.63, 3.8) is 0 Å². The maximum Gasteiger partial charge on any atom is 0.240 e. The molecule has 5 rings (SSSR count). The van der Waals surface area contributed by atoms with Gasteiger partial charge in [0.1, 0.15) is 12.4 Å². The van der Waals surface area contributed by atoms with E-state index in [0.29, 0.717) is 44.7 Å². The topological polar surface area (TPSA) is 59.8 Å². The summed E-state index contributed by atoms with van der Waals surface area (Å²) in [6.45, 7) is 4.66. The smallest absolute Gasteiger partial charge is 0.240 e. The fourth-order valence-electron chi connectivity index (χ4n) is 4.70. The van der Waals surface area contributed by atoms with E-state index < -0.39 is 0 Å². The van der Waals surface area contributed by atoms with Crippen LogP contribution in [0.5, 0.6) is 5.75 Å². The second kappa shape index (κ2) is 11.3. The third-order valence-electron chi connectivity index (χ3n) is 6.55. The van der Waals surface area contributed by atoms with Gasteiger partial charge in [0.15, 0.2) is 5.16 Å². The van der Waals surface area contributed by atoms with E-state index >= 15 is 0 Å². The van der Waals surface area contributed by atoms with E-state index in [0.717, 1.165) is 35.0 Å². The van der Waals surface area contributed by atoms with Crippen LogP contribution >= 0.6 is 11.8 Å². The Morgan fingerprint density at radius 2 is 1.91 bits per heavy atom. The molecule has 7 nitrogen and oxygen atoms in total. The number of hydrogen-bond donors (Lipinski definition) is 0. The molecule has 2 saturated heterocycles. The van der Waals surface area contributed by atoms with Crippen molar-refractivity contribution >= 4 is 17.7 Å². The van der Waals surface area contributed by atoms with Gasteiger partial charge >= 0.3 is 0 Å². The summed E-state index contributed by atoms with van der Waals surface area (Å²) < 4.78 is 13.6. The van der Waals surface area contributed by atoms with Crippen molar-refractivity contribution in [3.05, 3.63) is 78.1 Å². The number of aromatic nitrogens is 2. The Morgan fingerprint density at radius 3 is 2.69 bits per heavy atom. The molecule has 0 bridgehead atoms. The fourth-order valence-corrected chi connectivity index (χ4v) is 5.89. The van der Waals surface area contributed by atoms with Crippen LogP contribution in [0.25, 0.3) is 0 Å². The highest BCUT2D eigenvalue weighted by Crippen LogP contribution is 2.34. The van der Waals surface area contributed by atoms with Crippen molar-refractivity contribution in [2.75, 3.05) is 32.8 Å². The Balaban J connectivity index is 1.28. The van der Waals surface area contributed by atoms with Gasteiger partial charge in [0.25, 0.3) is 0 Å². The minimum absolute atomic E-state index is 0.139. The number of aryl methyl sites for hydroxylation is 1. The second-order valence-electron chi connectivity index (χ2n) is 9.10. The lowest BCUT2D eigenvalue weighted by Gasteiger charge is -2.32. The van der Waals surface area contributed by atoms with Crippen LogP contribution in [0.15, 0.2) is 72.1 Å². The van der Waals surface area contributed by atoms with Crippen LogP contribution in [0, 0.1) is 0 Å². The Morgan fingerprint density at radius 1 is 1.11 bits per heavy atom. The molecule has 1 amide bonds. The van der Waals surface area contributed by atoms with Gasteiger partial charge in [-0.25, -0.2) is 4.98 Å². The number of thioether (sulfide) groups is 1. The molecule has 3 heterocycles. The zero-order valence-corrected chi connectivity index (χ0v) is 20.9. The number of nitrogens with zero attached hydrogens (tertiary/aromatic N) is 4. The summed E-state index contributed by atoms with van der Waals surface area (Å²) in [7, 11) is 2.01. The van der Waals surface area contributed by atoms with Crippen molar-refractivity contribution in [3.8, 4) is 5.75 Å². The Bertz CT molecular complexity index is 1120. The van der Waals surface area contributed by atoms with Crippen molar-refractivity contribution in [2.24, 2.45) is 7.05 Å². The predicted molar refractivity (Wildman–Crippen MR) is 136 cm³/mol. The molecule has 0 saturated carbocycles. The Hall–Kier alpha value is -2.81. The van der Waals surface area contributed by atoms with Crippen molar-refractivity contribution < 1.29 is 14.3 Å². The van der Waals surface area contributed by atoms with Gasteiger partial charge in [-0.3, -0.25) is 9.69 Å². The van der Waals surface area contributed by atoms with Gasteiger partial charge in [-0.2, -0.15) is 0 Å². The highest BCUT2D eigenvalue weighted by Gasteiger charge is 2.39. The first-order chi connectivity index (χ1) is 17.2. The number of benzene rings is 2. The SMILES string of the molecule is Cn1ccnc1S[C@@H]1C[C@@H](C(=O)N2CCOCC2)N(Cc2cccc(OCc3ccccc3)c2)C1. The molecule has 0 spiro atoms. The monoisotopic (exact) mass is 492 g/mol. The van der Waals surface area contributed by atoms with E-state index in [4.69, 9.17) is 9.47 Å². The summed E-state index contributed by atoms with van der Waals surface area (Å²) in [6, 6.07) is 18.3. The summed E-state index contributed by atoms with van der Waals surface area (Å²) in [5.74, 6) is 1.06. The number of ether oxygens (including phenoxy) is 2. The van der Waals surface area contributed by atoms with E-state index in [1.807, 2.05) is 59.2 Å². The first-order valence-electron chi connectivity index (χ1n) is 12.2. The van der Waals surface area contributed by atoms with E-state index in [9.17, 15) is 4.79 Å². The van der Waals surface area contributed by atoms with Gasteiger partial charge in [0.05, 0.1) is 19.3 Å². The first-order valence-corrected chi connectivity index (χ1v) is 13.0. The van der Waals surface area contributed by atoms with Gasteiger partial charge in [0.2, 0.25) is 5.91 Å². The quantitative estimate of drug-likeness (QED) is 0.479. The second-order valence-corrected chi connectivity index (χ2v) is 10.4. The molecule has 2 aliphatic rings. The molecule has 0 radical (unpaired) electrons. The molecule has 2 fully saturated rings. The van der Waals surface area contributed by atoms with Crippen LogP contribution in [0.4, 0.5) is 0 Å². The number of hydrogen-bond acceptors (Lipinski definition) is 6. The first kappa shape index (κ1) is 23.9. The standard InChI is InChI=1S/C27H32N4O3S/c1-29-11-10-28-27(29)35-24-17-25(26(32)30-12-14-33-15-13-30)31(19-24)18-22-8-5-9-23(16-22)34-20-21-6-3-2-4-7-21/h2-11,16,24-25H,12-15,17-20H2,1H3/t24-,25+/m1/s1. The van der Waals surface area contributed by atoms with E-state index in [-0.39, 0.29) is 11.9 Å². The fraction of sp³-hybridized carbons (Fsp3) is 0.407. The zero-order chi connectivity index (χ0) is 24.0. The van der Waals surface area contributed by atoms with Crippen LogP contribution in [0.3, 0.4) is 0 Å². The van der Waals surface area contributed by atoms with Crippen LogP contribution in [0.2, 0.25) is 0 Å². The number of carbonyl (C=O) groups is 1. The van der Waals surface area contributed by atoms with Crippen molar-refractivity contribution in [1.82, 2.24) is 19.4 Å². The summed E-state index contributed by atoms with van der Waals surface area (Å²) >= 11 is 1.77. The lowest BCUT2D eigenvalue weighted by molar-refractivity contribution is -0.140. The van der Waals surface area contributed by atoms with Crippen molar-refractivity contribution in [2.45, 2.75) is 36.0 Å².